The predicted molar refractivity (Wildman–Crippen MR) is 120 cm³/mol. The largest absolute Gasteiger partial charge is 0.364 e. The van der Waals surface area contributed by atoms with Gasteiger partial charge in [0.2, 0.25) is 0 Å². The van der Waals surface area contributed by atoms with Crippen LogP contribution in [-0.4, -0.2) is 52.3 Å². The molecular weight excluding hydrogens is 453 g/mol. The van der Waals surface area contributed by atoms with Crippen molar-refractivity contribution in [3.8, 4) is 0 Å². The van der Waals surface area contributed by atoms with Gasteiger partial charge in [-0.15, -0.1) is 24.0 Å². The summed E-state index contributed by atoms with van der Waals surface area (Å²) >= 11 is 0. The first-order valence-corrected chi connectivity index (χ1v) is 8.98. The molecule has 1 aliphatic rings. The Balaban J connectivity index is 0.00000261. The maximum atomic E-state index is 4.77. The summed E-state index contributed by atoms with van der Waals surface area (Å²) in [4.78, 5) is 13.5. The van der Waals surface area contributed by atoms with Gasteiger partial charge in [-0.2, -0.15) is 5.10 Å². The number of nitrogens with zero attached hydrogens (tertiary/aromatic N) is 6. The average Bonchev–Trinajstić information content (AvgIpc) is 3.31. The second-order valence-electron chi connectivity index (χ2n) is 6.37. The van der Waals surface area contributed by atoms with Gasteiger partial charge >= 0.3 is 0 Å². The lowest BCUT2D eigenvalue weighted by Gasteiger charge is -2.21. The minimum Gasteiger partial charge on any atom is -0.364 e. The lowest BCUT2D eigenvalue weighted by Crippen LogP contribution is -2.39. The van der Waals surface area contributed by atoms with Gasteiger partial charge in [0.1, 0.15) is 12.2 Å². The fourth-order valence-corrected chi connectivity index (χ4v) is 2.89. The Kier molecular flexibility index (Phi) is 8.08. The molecule has 146 valence electrons. The van der Waals surface area contributed by atoms with Gasteiger partial charge in [-0.25, -0.2) is 9.98 Å². The molecule has 1 aromatic carbocycles. The number of aliphatic imine (C=N–C) groups is 1. The smallest absolute Gasteiger partial charge is 0.194 e. The van der Waals surface area contributed by atoms with E-state index in [4.69, 9.17) is 4.99 Å². The third kappa shape index (κ3) is 5.69. The summed E-state index contributed by atoms with van der Waals surface area (Å²) in [5.74, 6) is 1.77. The highest BCUT2D eigenvalue weighted by atomic mass is 127. The van der Waals surface area contributed by atoms with Gasteiger partial charge in [0.05, 0.1) is 13.1 Å². The predicted octanol–water partition coefficient (Wildman–Crippen LogP) is 2.41. The number of hydrogen-bond acceptors (Lipinski definition) is 4. The lowest BCUT2D eigenvalue weighted by atomic mass is 10.2. The van der Waals surface area contributed by atoms with Crippen molar-refractivity contribution in [2.45, 2.75) is 20.0 Å². The van der Waals surface area contributed by atoms with Crippen molar-refractivity contribution in [3.05, 3.63) is 54.1 Å². The fourth-order valence-electron chi connectivity index (χ4n) is 2.89. The molecule has 1 aromatic heterocycles. The van der Waals surface area contributed by atoms with Crippen molar-refractivity contribution in [2.75, 3.05) is 31.6 Å². The van der Waals surface area contributed by atoms with Crippen molar-refractivity contribution in [3.63, 3.8) is 0 Å². The van der Waals surface area contributed by atoms with Crippen molar-refractivity contribution in [1.29, 1.82) is 0 Å². The number of rotatable bonds is 6. The third-order valence-electron chi connectivity index (χ3n) is 4.41. The molecule has 1 aliphatic heterocycles. The summed E-state index contributed by atoms with van der Waals surface area (Å²) in [6.45, 7) is 6.19. The van der Waals surface area contributed by atoms with Crippen LogP contribution in [0.1, 0.15) is 18.3 Å². The molecule has 1 N–H and O–H groups in total. The van der Waals surface area contributed by atoms with Gasteiger partial charge in [-0.1, -0.05) is 24.3 Å². The first-order valence-electron chi connectivity index (χ1n) is 8.98. The van der Waals surface area contributed by atoms with Gasteiger partial charge in [-0.05, 0) is 24.6 Å². The number of aromatic nitrogens is 3. The van der Waals surface area contributed by atoms with E-state index in [1.807, 2.05) is 14.1 Å². The van der Waals surface area contributed by atoms with Crippen LogP contribution < -0.4 is 10.2 Å². The van der Waals surface area contributed by atoms with E-state index in [0.717, 1.165) is 31.4 Å². The maximum absolute atomic E-state index is 4.77. The van der Waals surface area contributed by atoms with Crippen molar-refractivity contribution in [2.24, 2.45) is 12.0 Å². The molecule has 0 bridgehead atoms. The van der Waals surface area contributed by atoms with Crippen LogP contribution in [0.2, 0.25) is 0 Å². The molecule has 0 unspecified atom stereocenters. The van der Waals surface area contributed by atoms with Gasteiger partial charge in [0.15, 0.2) is 5.96 Å². The Bertz CT molecular complexity index is 759. The van der Waals surface area contributed by atoms with E-state index in [1.54, 1.807) is 11.0 Å². The molecule has 0 saturated carbocycles. The van der Waals surface area contributed by atoms with Gasteiger partial charge < -0.3 is 15.1 Å². The van der Waals surface area contributed by atoms with Gasteiger partial charge in [0, 0.05) is 39.4 Å². The number of nitrogens with one attached hydrogen (secondary N) is 1. The van der Waals surface area contributed by atoms with E-state index in [1.165, 1.54) is 11.3 Å². The highest BCUT2D eigenvalue weighted by Crippen LogP contribution is 2.18. The quantitative estimate of drug-likeness (QED) is 0.297. The molecule has 8 heteroatoms. The van der Waals surface area contributed by atoms with Crippen LogP contribution >= 0.6 is 24.0 Å². The molecule has 0 saturated heterocycles. The minimum atomic E-state index is 0. The van der Waals surface area contributed by atoms with Crippen molar-refractivity contribution in [1.82, 2.24) is 25.0 Å². The standard InChI is InChI=1S/C19H27N7.HI/c1-4-20-19(24(2)14-18-22-15-23-25(18)3)21-13-16-7-9-17(10-8-16)26-11-5-6-12-26;/h5-10,15H,4,11-14H2,1-3H3,(H,20,21);1H. The highest BCUT2D eigenvalue weighted by Gasteiger charge is 2.10. The minimum absolute atomic E-state index is 0. The van der Waals surface area contributed by atoms with Crippen molar-refractivity contribution < 1.29 is 0 Å². The van der Waals surface area contributed by atoms with E-state index in [-0.39, 0.29) is 24.0 Å². The van der Waals surface area contributed by atoms with Gasteiger partial charge in [0.25, 0.3) is 0 Å². The van der Waals surface area contributed by atoms with Crippen LogP contribution in [0.15, 0.2) is 47.7 Å². The highest BCUT2D eigenvalue weighted by molar-refractivity contribution is 14.0. The molecule has 2 aromatic rings. The summed E-state index contributed by atoms with van der Waals surface area (Å²) in [5.41, 5.74) is 2.46. The van der Waals surface area contributed by atoms with E-state index < -0.39 is 0 Å². The van der Waals surface area contributed by atoms with Crippen LogP contribution in [0.5, 0.6) is 0 Å². The summed E-state index contributed by atoms with van der Waals surface area (Å²) in [6.07, 6.45) is 5.98. The number of aryl methyl sites for hydroxylation is 1. The molecule has 0 amide bonds. The number of anilines is 1. The number of guanidine groups is 1. The zero-order valence-corrected chi connectivity index (χ0v) is 18.5. The van der Waals surface area contributed by atoms with Crippen LogP contribution in [0, 0.1) is 0 Å². The molecule has 27 heavy (non-hydrogen) atoms. The Morgan fingerprint density at radius 1 is 1.22 bits per heavy atom. The first kappa shape index (κ1) is 21.2. The number of benzene rings is 1. The monoisotopic (exact) mass is 481 g/mol. The molecule has 0 atom stereocenters. The second-order valence-corrected chi connectivity index (χ2v) is 6.37. The van der Waals surface area contributed by atoms with E-state index in [9.17, 15) is 0 Å². The van der Waals surface area contributed by atoms with E-state index in [0.29, 0.717) is 13.1 Å². The summed E-state index contributed by atoms with van der Waals surface area (Å²) in [5, 5.41) is 7.46. The summed E-state index contributed by atoms with van der Waals surface area (Å²) < 4.78 is 1.78. The number of hydrogen-bond donors (Lipinski definition) is 1. The fraction of sp³-hybridized carbons (Fsp3) is 0.421. The SMILES string of the molecule is CCNC(=NCc1ccc(N2CC=CC2)cc1)N(C)Cc1ncnn1C.I. The van der Waals surface area contributed by atoms with E-state index >= 15 is 0 Å². The van der Waals surface area contributed by atoms with Crippen LogP contribution in [-0.2, 0) is 20.1 Å². The Morgan fingerprint density at radius 3 is 2.52 bits per heavy atom. The molecule has 0 aliphatic carbocycles. The average molecular weight is 481 g/mol. The number of halogens is 1. The Labute approximate surface area is 178 Å². The van der Waals surface area contributed by atoms with Crippen LogP contribution in [0.4, 0.5) is 5.69 Å². The van der Waals surface area contributed by atoms with E-state index in [2.05, 4.69) is 68.5 Å². The molecule has 0 radical (unpaired) electrons. The Morgan fingerprint density at radius 2 is 1.93 bits per heavy atom. The first-order chi connectivity index (χ1) is 12.7. The lowest BCUT2D eigenvalue weighted by molar-refractivity contribution is 0.448. The maximum Gasteiger partial charge on any atom is 0.194 e. The normalized spacial score (nSPS) is 13.6. The molecule has 0 spiro atoms. The molecule has 3 rings (SSSR count). The van der Waals surface area contributed by atoms with Crippen molar-refractivity contribution >= 4 is 35.6 Å². The molecular formula is C19H28IN7. The van der Waals surface area contributed by atoms with Crippen LogP contribution in [0.3, 0.4) is 0 Å². The summed E-state index contributed by atoms with van der Waals surface area (Å²) in [6, 6.07) is 8.66. The third-order valence-corrected chi connectivity index (χ3v) is 4.41. The molecule has 2 heterocycles. The molecule has 0 fully saturated rings. The zero-order valence-electron chi connectivity index (χ0n) is 16.2. The zero-order chi connectivity index (χ0) is 18.4. The summed E-state index contributed by atoms with van der Waals surface area (Å²) in [7, 11) is 3.91. The second kappa shape index (κ2) is 10.3. The topological polar surface area (TPSA) is 61.6 Å². The van der Waals surface area contributed by atoms with Gasteiger partial charge in [-0.3, -0.25) is 4.68 Å². The molecule has 7 nitrogen and oxygen atoms in total. The van der Waals surface area contributed by atoms with Crippen LogP contribution in [0.25, 0.3) is 0 Å². The Hall–Kier alpha value is -2.10.